The molecule has 0 aliphatic heterocycles. The molecule has 0 amide bonds. The molecule has 1 aromatic heterocycles. The van der Waals surface area contributed by atoms with E-state index in [1.165, 1.54) is 7.11 Å². The van der Waals surface area contributed by atoms with E-state index in [0.29, 0.717) is 22.9 Å². The van der Waals surface area contributed by atoms with Gasteiger partial charge in [-0.25, -0.2) is 14.8 Å². The monoisotopic (exact) mass is 314 g/mol. The number of methoxy groups -OCH3 is 1. The minimum absolute atomic E-state index is 0.389. The van der Waals surface area contributed by atoms with E-state index >= 15 is 0 Å². The molecule has 1 aromatic carbocycles. The summed E-state index contributed by atoms with van der Waals surface area (Å²) in [6, 6.07) is 9.00. The molecule has 0 aliphatic rings. The zero-order valence-electron chi connectivity index (χ0n) is 13.7. The van der Waals surface area contributed by atoms with Gasteiger partial charge in [0.05, 0.1) is 18.4 Å². The molecule has 0 aliphatic carbocycles. The number of ether oxygens (including phenoxy) is 1. The van der Waals surface area contributed by atoms with Gasteiger partial charge in [0.15, 0.2) is 0 Å². The lowest BCUT2D eigenvalue weighted by molar-refractivity contribution is 0.0602. The van der Waals surface area contributed by atoms with Gasteiger partial charge in [0.2, 0.25) is 0 Å². The van der Waals surface area contributed by atoms with Gasteiger partial charge < -0.3 is 15.4 Å². The van der Waals surface area contributed by atoms with Crippen LogP contribution in [0.3, 0.4) is 0 Å². The number of aromatic nitrogens is 2. The number of carbonyl (C=O) groups is 1. The number of nitrogens with one attached hydrogen (secondary N) is 2. The van der Waals surface area contributed by atoms with E-state index < -0.39 is 0 Å². The van der Waals surface area contributed by atoms with E-state index in [4.69, 9.17) is 4.74 Å². The molecule has 0 atom stereocenters. The standard InChI is InChI=1S/C17H22N4O2/c1-4-5-10-18-15-11-16(20-12(2)19-15)21-14-9-7-6-8-13(14)17(22)23-3/h6-9,11H,4-5,10H2,1-3H3,(H2,18,19,20,21). The van der Waals surface area contributed by atoms with Crippen molar-refractivity contribution in [3.63, 3.8) is 0 Å². The molecular formula is C17H22N4O2. The highest BCUT2D eigenvalue weighted by atomic mass is 16.5. The lowest BCUT2D eigenvalue weighted by atomic mass is 10.2. The molecule has 2 rings (SSSR count). The normalized spacial score (nSPS) is 10.2. The number of hydrogen-bond donors (Lipinski definition) is 2. The molecule has 0 saturated carbocycles. The second kappa shape index (κ2) is 8.12. The maximum atomic E-state index is 11.8. The number of esters is 1. The van der Waals surface area contributed by atoms with Gasteiger partial charge in [-0.15, -0.1) is 0 Å². The summed E-state index contributed by atoms with van der Waals surface area (Å²) in [6.45, 7) is 4.84. The zero-order chi connectivity index (χ0) is 16.7. The number of aryl methyl sites for hydroxylation is 1. The van der Waals surface area contributed by atoms with Crippen molar-refractivity contribution in [1.82, 2.24) is 9.97 Å². The van der Waals surface area contributed by atoms with Crippen molar-refractivity contribution in [3.05, 3.63) is 41.7 Å². The third-order valence-corrected chi connectivity index (χ3v) is 3.27. The molecule has 0 spiro atoms. The maximum absolute atomic E-state index is 11.8. The molecule has 1 heterocycles. The Kier molecular flexibility index (Phi) is 5.91. The lowest BCUT2D eigenvalue weighted by Gasteiger charge is -2.12. The molecule has 0 radical (unpaired) electrons. The van der Waals surface area contributed by atoms with Gasteiger partial charge in [0.25, 0.3) is 0 Å². The summed E-state index contributed by atoms with van der Waals surface area (Å²) < 4.78 is 4.80. The molecule has 6 nitrogen and oxygen atoms in total. The van der Waals surface area contributed by atoms with Crippen LogP contribution >= 0.6 is 0 Å². The number of para-hydroxylation sites is 1. The van der Waals surface area contributed by atoms with Crippen LogP contribution in [-0.4, -0.2) is 29.6 Å². The van der Waals surface area contributed by atoms with Crippen LogP contribution in [-0.2, 0) is 4.74 Å². The Morgan fingerprint density at radius 1 is 1.22 bits per heavy atom. The van der Waals surface area contributed by atoms with Crippen molar-refractivity contribution in [1.29, 1.82) is 0 Å². The van der Waals surface area contributed by atoms with Crippen molar-refractivity contribution in [2.24, 2.45) is 0 Å². The molecule has 0 saturated heterocycles. The summed E-state index contributed by atoms with van der Waals surface area (Å²) in [6.07, 6.45) is 2.20. The summed E-state index contributed by atoms with van der Waals surface area (Å²) in [7, 11) is 1.36. The minimum Gasteiger partial charge on any atom is -0.465 e. The summed E-state index contributed by atoms with van der Waals surface area (Å²) in [5.74, 6) is 1.67. The summed E-state index contributed by atoms with van der Waals surface area (Å²) in [5, 5.41) is 6.45. The van der Waals surface area contributed by atoms with Crippen molar-refractivity contribution >= 4 is 23.3 Å². The first-order valence-corrected chi connectivity index (χ1v) is 7.68. The highest BCUT2D eigenvalue weighted by molar-refractivity contribution is 5.96. The highest BCUT2D eigenvalue weighted by Gasteiger charge is 2.12. The van der Waals surface area contributed by atoms with Crippen LogP contribution in [0.15, 0.2) is 30.3 Å². The molecule has 2 aromatic rings. The van der Waals surface area contributed by atoms with Crippen LogP contribution in [0.25, 0.3) is 0 Å². The van der Waals surface area contributed by atoms with E-state index in [-0.39, 0.29) is 5.97 Å². The van der Waals surface area contributed by atoms with Crippen LogP contribution in [0.1, 0.15) is 35.9 Å². The van der Waals surface area contributed by atoms with Gasteiger partial charge in [-0.05, 0) is 25.5 Å². The average molecular weight is 314 g/mol. The van der Waals surface area contributed by atoms with E-state index in [9.17, 15) is 4.79 Å². The van der Waals surface area contributed by atoms with Crippen molar-refractivity contribution in [3.8, 4) is 0 Å². The molecule has 6 heteroatoms. The second-order valence-corrected chi connectivity index (χ2v) is 5.13. The van der Waals surface area contributed by atoms with E-state index in [0.717, 1.165) is 25.2 Å². The number of anilines is 3. The van der Waals surface area contributed by atoms with Gasteiger partial charge in [0.1, 0.15) is 17.5 Å². The Balaban J connectivity index is 2.21. The Labute approximate surface area is 136 Å². The molecule has 0 bridgehead atoms. The van der Waals surface area contributed by atoms with Gasteiger partial charge in [0, 0.05) is 12.6 Å². The predicted molar refractivity (Wildman–Crippen MR) is 91.2 cm³/mol. The van der Waals surface area contributed by atoms with Gasteiger partial charge in [-0.1, -0.05) is 25.5 Å². The average Bonchev–Trinajstić information content (AvgIpc) is 2.54. The maximum Gasteiger partial charge on any atom is 0.339 e. The van der Waals surface area contributed by atoms with E-state index in [1.807, 2.05) is 25.1 Å². The topological polar surface area (TPSA) is 76.1 Å². The zero-order valence-corrected chi connectivity index (χ0v) is 13.7. The number of nitrogens with zero attached hydrogens (tertiary/aromatic N) is 2. The molecule has 122 valence electrons. The number of benzene rings is 1. The van der Waals surface area contributed by atoms with Gasteiger partial charge in [-0.3, -0.25) is 0 Å². The third-order valence-electron chi connectivity index (χ3n) is 3.27. The summed E-state index contributed by atoms with van der Waals surface area (Å²) in [4.78, 5) is 20.6. The first-order chi connectivity index (χ1) is 11.1. The molecular weight excluding hydrogens is 292 g/mol. The van der Waals surface area contributed by atoms with Crippen LogP contribution in [0.4, 0.5) is 17.3 Å². The van der Waals surface area contributed by atoms with Gasteiger partial charge in [-0.2, -0.15) is 0 Å². The molecule has 2 N–H and O–H groups in total. The highest BCUT2D eigenvalue weighted by Crippen LogP contribution is 2.22. The number of unbranched alkanes of at least 4 members (excludes halogenated alkanes) is 1. The van der Waals surface area contributed by atoms with Crippen molar-refractivity contribution in [2.45, 2.75) is 26.7 Å². The van der Waals surface area contributed by atoms with E-state index in [2.05, 4.69) is 27.5 Å². The van der Waals surface area contributed by atoms with Gasteiger partial charge >= 0.3 is 5.97 Å². The smallest absolute Gasteiger partial charge is 0.339 e. The fourth-order valence-corrected chi connectivity index (χ4v) is 2.13. The Hall–Kier alpha value is -2.63. The van der Waals surface area contributed by atoms with Crippen molar-refractivity contribution < 1.29 is 9.53 Å². The number of rotatable bonds is 7. The van der Waals surface area contributed by atoms with Crippen LogP contribution in [0, 0.1) is 6.92 Å². The molecule has 23 heavy (non-hydrogen) atoms. The third kappa shape index (κ3) is 4.67. The summed E-state index contributed by atoms with van der Waals surface area (Å²) in [5.41, 5.74) is 1.11. The van der Waals surface area contributed by atoms with Crippen LogP contribution in [0.5, 0.6) is 0 Å². The fourth-order valence-electron chi connectivity index (χ4n) is 2.13. The molecule has 0 fully saturated rings. The first kappa shape index (κ1) is 16.7. The first-order valence-electron chi connectivity index (χ1n) is 7.68. The number of hydrogen-bond acceptors (Lipinski definition) is 6. The largest absolute Gasteiger partial charge is 0.465 e. The van der Waals surface area contributed by atoms with Crippen LogP contribution < -0.4 is 10.6 Å². The second-order valence-electron chi connectivity index (χ2n) is 5.13. The molecule has 0 unspecified atom stereocenters. The lowest BCUT2D eigenvalue weighted by Crippen LogP contribution is -2.08. The Bertz CT molecular complexity index is 673. The number of carbonyl (C=O) groups excluding carboxylic acids is 1. The predicted octanol–water partition coefficient (Wildman–Crippen LogP) is 3.53. The van der Waals surface area contributed by atoms with Crippen LogP contribution in [0.2, 0.25) is 0 Å². The quantitative estimate of drug-likeness (QED) is 0.601. The Morgan fingerprint density at radius 3 is 2.70 bits per heavy atom. The summed E-state index contributed by atoms with van der Waals surface area (Å²) >= 11 is 0. The van der Waals surface area contributed by atoms with E-state index in [1.54, 1.807) is 12.1 Å². The fraction of sp³-hybridized carbons (Fsp3) is 0.353. The minimum atomic E-state index is -0.389. The SMILES string of the molecule is CCCCNc1cc(Nc2ccccc2C(=O)OC)nc(C)n1. The van der Waals surface area contributed by atoms with Crippen molar-refractivity contribution in [2.75, 3.05) is 24.3 Å². The Morgan fingerprint density at radius 2 is 1.96 bits per heavy atom.